The van der Waals surface area contributed by atoms with E-state index in [1.807, 2.05) is 48.5 Å². The van der Waals surface area contributed by atoms with Crippen LogP contribution < -0.4 is 0 Å². The van der Waals surface area contributed by atoms with E-state index in [-0.39, 0.29) is 9.75 Å². The fraction of sp³-hybridized carbons (Fsp3) is 0.436. The molecule has 2 aromatic heterocycles. The highest BCUT2D eigenvalue weighted by molar-refractivity contribution is 7.99. The molecular weight excluding hydrogens is 767 g/mol. The lowest BCUT2D eigenvalue weighted by atomic mass is 9.97. The first-order valence-electron chi connectivity index (χ1n) is 17.0. The largest absolute Gasteiger partial charge is 0.380 e. The second-order valence-corrected chi connectivity index (χ2v) is 31.5. The summed E-state index contributed by atoms with van der Waals surface area (Å²) in [5.41, 5.74) is 0.758. The van der Waals surface area contributed by atoms with Gasteiger partial charge in [-0.2, -0.15) is 26.3 Å². The summed E-state index contributed by atoms with van der Waals surface area (Å²) >= 11 is 5.28. The van der Waals surface area contributed by atoms with Crippen molar-refractivity contribution >= 4 is 73.5 Å². The van der Waals surface area contributed by atoms with Gasteiger partial charge in [0.15, 0.2) is 0 Å². The van der Waals surface area contributed by atoms with Gasteiger partial charge in [0, 0.05) is 45.4 Å². The molecule has 0 unspecified atom stereocenters. The minimum Gasteiger partial charge on any atom is -0.194 e. The Kier molecular flexibility index (Phi) is 11.5. The predicted molar refractivity (Wildman–Crippen MR) is 218 cm³/mol. The summed E-state index contributed by atoms with van der Waals surface area (Å²) in [5.74, 6) is -13.8. The number of hydrogen-bond acceptors (Lipinski definition) is 4. The van der Waals surface area contributed by atoms with Crippen molar-refractivity contribution in [3.8, 4) is 20.9 Å². The van der Waals surface area contributed by atoms with E-state index in [9.17, 15) is 0 Å². The molecule has 2 heterocycles. The number of allylic oxidation sites excluding steroid dienone is 2. The first-order chi connectivity index (χ1) is 23.5. The molecule has 4 aromatic rings. The molecule has 0 aliphatic heterocycles. The van der Waals surface area contributed by atoms with E-state index in [1.54, 1.807) is 51.2 Å². The van der Waals surface area contributed by atoms with E-state index in [2.05, 4.69) is 39.3 Å². The van der Waals surface area contributed by atoms with Crippen LogP contribution in [-0.4, -0.2) is 45.4 Å². The van der Waals surface area contributed by atoms with Crippen molar-refractivity contribution < 1.29 is 26.3 Å². The van der Waals surface area contributed by atoms with Gasteiger partial charge in [0.2, 0.25) is 0 Å². The summed E-state index contributed by atoms with van der Waals surface area (Å²) in [7, 11) is -2.37. The lowest BCUT2D eigenvalue weighted by Gasteiger charge is -2.25. The van der Waals surface area contributed by atoms with E-state index in [1.165, 1.54) is 12.1 Å². The first kappa shape index (κ1) is 40.5. The van der Waals surface area contributed by atoms with Crippen molar-refractivity contribution in [2.75, 3.05) is 11.5 Å². The summed E-state index contributed by atoms with van der Waals surface area (Å²) in [6.07, 6.45) is 0. The third kappa shape index (κ3) is 7.92. The van der Waals surface area contributed by atoms with Crippen LogP contribution in [-0.2, 0) is 0 Å². The summed E-state index contributed by atoms with van der Waals surface area (Å²) in [4.78, 5) is 2.91. The number of thioether (sulfide) groups is 2. The van der Waals surface area contributed by atoms with Gasteiger partial charge in [-0.1, -0.05) is 63.5 Å². The van der Waals surface area contributed by atoms with Gasteiger partial charge in [0.25, 0.3) is 0 Å². The Morgan fingerprint density at radius 3 is 1.08 bits per heavy atom. The van der Waals surface area contributed by atoms with Crippen LogP contribution >= 0.6 is 46.2 Å². The number of rotatable bonds is 12. The lowest BCUT2D eigenvalue weighted by molar-refractivity contribution is -0.254. The van der Waals surface area contributed by atoms with Crippen molar-refractivity contribution in [1.82, 2.24) is 0 Å². The molecule has 12 heteroatoms. The van der Waals surface area contributed by atoms with Gasteiger partial charge < -0.3 is 0 Å². The molecule has 0 atom stereocenters. The Bertz CT molecular complexity index is 1790. The van der Waals surface area contributed by atoms with Crippen molar-refractivity contribution in [3.05, 3.63) is 80.5 Å². The van der Waals surface area contributed by atoms with Gasteiger partial charge in [-0.05, 0) is 109 Å². The molecular formula is C39H46F6S4Si2. The van der Waals surface area contributed by atoms with E-state index in [4.69, 9.17) is 0 Å². The molecule has 0 radical (unpaired) electrons. The van der Waals surface area contributed by atoms with Gasteiger partial charge in [-0.25, -0.2) is 0 Å². The normalized spacial score (nSPS) is 17.1. The van der Waals surface area contributed by atoms with Crippen molar-refractivity contribution in [2.45, 2.75) is 107 Å². The molecule has 0 nitrogen and oxygen atoms in total. The zero-order chi connectivity index (χ0) is 37.9. The maximum Gasteiger partial charge on any atom is 0.380 e. The SMILES string of the molecule is Cc1c(C2=C(c3sc(-c4ccc(SCC[Si](C)(C)C)cc4)c(C)c3C)C(F)(F)C(F)(F)C2(F)F)sc(-c2ccc(SCC[Si](C)(C)C)cc2)c1C. The summed E-state index contributed by atoms with van der Waals surface area (Å²) in [6, 6.07) is 17.8. The van der Waals surface area contributed by atoms with Crippen molar-refractivity contribution in [1.29, 1.82) is 0 Å². The maximum absolute atomic E-state index is 16.0. The molecule has 0 amide bonds. The van der Waals surface area contributed by atoms with Crippen molar-refractivity contribution in [3.63, 3.8) is 0 Å². The molecule has 5 rings (SSSR count). The van der Waals surface area contributed by atoms with Crippen LogP contribution in [0.5, 0.6) is 0 Å². The number of benzene rings is 2. The Morgan fingerprint density at radius 1 is 0.490 bits per heavy atom. The second-order valence-electron chi connectivity index (χ2n) is 15.9. The number of thiophene rings is 2. The zero-order valence-corrected chi connectivity index (χ0v) is 36.1. The van der Waals surface area contributed by atoms with Gasteiger partial charge in [-0.15, -0.1) is 46.2 Å². The number of hydrogen-bond donors (Lipinski definition) is 0. The standard InChI is InChI=1S/C39H46F6S4Si2/c1-23-25(3)35(48-33(23)27-11-15-29(16-12-27)46-19-21-50(5,6)7)31-32(38(42,43)39(44,45)37(31,40)41)36-26(4)24(2)34(49-36)28-13-17-30(18-14-28)47-20-22-51(8,9)10/h11-18H,19-22H2,1-10H3. The predicted octanol–water partition coefficient (Wildman–Crippen LogP) is 15.1. The Morgan fingerprint density at radius 2 is 0.784 bits per heavy atom. The molecule has 0 saturated carbocycles. The average Bonchev–Trinajstić information content (AvgIpc) is 3.51. The highest BCUT2D eigenvalue weighted by atomic mass is 32.2. The van der Waals surface area contributed by atoms with Crippen LogP contribution in [0.2, 0.25) is 51.4 Å². The van der Waals surface area contributed by atoms with E-state index in [0.717, 1.165) is 55.1 Å². The Hall–Kier alpha value is -1.71. The quantitative estimate of drug-likeness (QED) is 0.0794. The van der Waals surface area contributed by atoms with E-state index in [0.29, 0.717) is 32.0 Å². The molecule has 0 bridgehead atoms. The topological polar surface area (TPSA) is 0 Å². The van der Waals surface area contributed by atoms with Gasteiger partial charge in [-0.3, -0.25) is 0 Å². The van der Waals surface area contributed by atoms with Gasteiger partial charge in [0.1, 0.15) is 0 Å². The zero-order valence-electron chi connectivity index (χ0n) is 30.8. The highest BCUT2D eigenvalue weighted by Crippen LogP contribution is 2.67. The molecule has 276 valence electrons. The van der Waals surface area contributed by atoms with Gasteiger partial charge in [0.05, 0.1) is 11.1 Å². The molecule has 0 N–H and O–H groups in total. The summed E-state index contributed by atoms with van der Waals surface area (Å²) in [6.45, 7) is 20.5. The van der Waals surface area contributed by atoms with Gasteiger partial charge >= 0.3 is 17.8 Å². The van der Waals surface area contributed by atoms with Crippen molar-refractivity contribution in [2.24, 2.45) is 0 Å². The smallest absolute Gasteiger partial charge is 0.194 e. The van der Waals surface area contributed by atoms with Crippen LogP contribution in [0.3, 0.4) is 0 Å². The third-order valence-electron chi connectivity index (χ3n) is 9.49. The third-order valence-corrected chi connectivity index (χ3v) is 18.7. The number of alkyl halides is 6. The molecule has 1 aliphatic carbocycles. The van der Waals surface area contributed by atoms with Crippen LogP contribution in [0, 0.1) is 27.7 Å². The Balaban J connectivity index is 1.57. The maximum atomic E-state index is 16.0. The van der Waals surface area contributed by atoms with Crippen LogP contribution in [0.1, 0.15) is 32.0 Å². The molecule has 0 spiro atoms. The molecule has 51 heavy (non-hydrogen) atoms. The molecule has 1 aliphatic rings. The van der Waals surface area contributed by atoms with E-state index < -0.39 is 45.1 Å². The molecule has 0 fully saturated rings. The average molecular weight is 813 g/mol. The monoisotopic (exact) mass is 812 g/mol. The van der Waals surface area contributed by atoms with E-state index >= 15 is 26.3 Å². The summed E-state index contributed by atoms with van der Waals surface area (Å²) < 4.78 is 94.8. The molecule has 2 aromatic carbocycles. The Labute approximate surface area is 317 Å². The number of halogens is 6. The minimum atomic E-state index is -5.61. The van der Waals surface area contributed by atoms with Crippen LogP contribution in [0.15, 0.2) is 58.3 Å². The molecule has 0 saturated heterocycles. The van der Waals surface area contributed by atoms with Crippen LogP contribution in [0.25, 0.3) is 32.0 Å². The fourth-order valence-electron chi connectivity index (χ4n) is 5.91. The first-order valence-corrected chi connectivity index (χ1v) is 28.1. The summed E-state index contributed by atoms with van der Waals surface area (Å²) in [5, 5.41) is 0. The second kappa shape index (κ2) is 14.5. The fourth-order valence-corrected chi connectivity index (χ4v) is 15.6. The van der Waals surface area contributed by atoms with Crippen LogP contribution in [0.4, 0.5) is 26.3 Å². The lowest BCUT2D eigenvalue weighted by Crippen LogP contribution is -2.48. The minimum absolute atomic E-state index is 0.223. The highest BCUT2D eigenvalue weighted by Gasteiger charge is 2.80.